The average molecular weight is 446 g/mol. The second-order valence-electron chi connectivity index (χ2n) is 9.24. The van der Waals surface area contributed by atoms with Crippen LogP contribution in [0.4, 0.5) is 5.82 Å². The summed E-state index contributed by atoms with van der Waals surface area (Å²) in [4.78, 5) is 19.5. The zero-order valence-corrected chi connectivity index (χ0v) is 19.3. The first-order valence-electron chi connectivity index (χ1n) is 11.6. The number of pyridine rings is 1. The molecule has 1 atom stereocenters. The molecule has 0 saturated carbocycles. The summed E-state index contributed by atoms with van der Waals surface area (Å²) < 4.78 is 2.23. The van der Waals surface area contributed by atoms with Crippen LogP contribution in [-0.2, 0) is 19.4 Å². The van der Waals surface area contributed by atoms with Crippen LogP contribution in [0.2, 0.25) is 0 Å². The van der Waals surface area contributed by atoms with Crippen molar-refractivity contribution >= 4 is 27.4 Å². The van der Waals surface area contributed by atoms with Gasteiger partial charge in [-0.05, 0) is 55.7 Å². The predicted octanol–water partition coefficient (Wildman–Crippen LogP) is 4.83. The summed E-state index contributed by atoms with van der Waals surface area (Å²) >= 11 is 1.85. The van der Waals surface area contributed by atoms with Gasteiger partial charge in [-0.25, -0.2) is 9.97 Å². The van der Waals surface area contributed by atoms with E-state index in [2.05, 4.69) is 38.5 Å². The van der Waals surface area contributed by atoms with Crippen molar-refractivity contribution in [2.75, 3.05) is 11.4 Å². The molecule has 0 aromatic carbocycles. The molecule has 0 N–H and O–H groups in total. The molecule has 5 heterocycles. The smallest absolute Gasteiger partial charge is 0.164 e. The minimum absolute atomic E-state index is 0.188. The van der Waals surface area contributed by atoms with Gasteiger partial charge in [0.2, 0.25) is 0 Å². The van der Waals surface area contributed by atoms with E-state index in [1.807, 2.05) is 36.0 Å². The van der Waals surface area contributed by atoms with E-state index in [1.165, 1.54) is 22.2 Å². The van der Waals surface area contributed by atoms with Gasteiger partial charge in [0.15, 0.2) is 11.6 Å². The van der Waals surface area contributed by atoms with Gasteiger partial charge in [-0.2, -0.15) is 0 Å². The summed E-state index contributed by atoms with van der Waals surface area (Å²) in [6.07, 6.45) is 11.2. The summed E-state index contributed by atoms with van der Waals surface area (Å²) in [5, 5.41) is 10.1. The number of aryl methyl sites for hydroxylation is 2. The number of fused-ring (bicyclic) bond motifs is 3. The molecule has 7 nitrogen and oxygen atoms in total. The Balaban J connectivity index is 1.51. The maximum absolute atomic E-state index is 5.18. The van der Waals surface area contributed by atoms with E-state index in [9.17, 15) is 0 Å². The highest BCUT2D eigenvalue weighted by molar-refractivity contribution is 7.19. The number of hydrogen-bond donors (Lipinski definition) is 0. The third kappa shape index (κ3) is 3.28. The fraction of sp³-hybridized carbons (Fsp3) is 0.458. The Hall–Kier alpha value is -2.87. The molecular formula is C24H27N7S. The SMILES string of the molecule is CC(C)Cn1cnnc1C1CCCN1c1nc(-c2cccnc2)nc2sc3c(c12)CCC3. The third-order valence-corrected chi connectivity index (χ3v) is 7.68. The Morgan fingerprint density at radius 2 is 2.12 bits per heavy atom. The predicted molar refractivity (Wildman–Crippen MR) is 127 cm³/mol. The van der Waals surface area contributed by atoms with Crippen LogP contribution in [0, 0.1) is 5.92 Å². The molecule has 1 fully saturated rings. The number of anilines is 1. The van der Waals surface area contributed by atoms with Crippen LogP contribution in [0.15, 0.2) is 30.9 Å². The second kappa shape index (κ2) is 7.92. The highest BCUT2D eigenvalue weighted by Gasteiger charge is 2.34. The van der Waals surface area contributed by atoms with Gasteiger partial charge < -0.3 is 9.47 Å². The molecule has 1 unspecified atom stereocenters. The van der Waals surface area contributed by atoms with E-state index in [4.69, 9.17) is 9.97 Å². The van der Waals surface area contributed by atoms with E-state index in [-0.39, 0.29) is 6.04 Å². The Bertz CT molecular complexity index is 1260. The molecule has 1 aliphatic heterocycles. The lowest BCUT2D eigenvalue weighted by atomic mass is 10.1. The van der Waals surface area contributed by atoms with Crippen molar-refractivity contribution in [1.82, 2.24) is 29.7 Å². The minimum Gasteiger partial charge on any atom is -0.346 e. The van der Waals surface area contributed by atoms with Crippen LogP contribution >= 0.6 is 11.3 Å². The van der Waals surface area contributed by atoms with E-state index >= 15 is 0 Å². The maximum Gasteiger partial charge on any atom is 0.164 e. The molecular weight excluding hydrogens is 418 g/mol. The molecule has 4 aromatic rings. The first-order valence-corrected chi connectivity index (χ1v) is 12.4. The minimum atomic E-state index is 0.188. The number of thiophene rings is 1. The Labute approximate surface area is 191 Å². The van der Waals surface area contributed by atoms with Gasteiger partial charge in [-0.1, -0.05) is 13.8 Å². The van der Waals surface area contributed by atoms with Gasteiger partial charge >= 0.3 is 0 Å². The van der Waals surface area contributed by atoms with Crippen molar-refractivity contribution < 1.29 is 0 Å². The quantitative estimate of drug-likeness (QED) is 0.438. The van der Waals surface area contributed by atoms with E-state index in [0.717, 1.165) is 66.6 Å². The Kier molecular flexibility index (Phi) is 4.90. The number of aromatic nitrogens is 6. The molecule has 0 spiro atoms. The summed E-state index contributed by atoms with van der Waals surface area (Å²) in [6, 6.07) is 4.18. The molecule has 4 aromatic heterocycles. The lowest BCUT2D eigenvalue weighted by molar-refractivity contribution is 0.487. The van der Waals surface area contributed by atoms with Crippen LogP contribution in [0.5, 0.6) is 0 Å². The van der Waals surface area contributed by atoms with E-state index in [1.54, 1.807) is 6.20 Å². The van der Waals surface area contributed by atoms with Crippen LogP contribution in [0.3, 0.4) is 0 Å². The van der Waals surface area contributed by atoms with Gasteiger partial charge in [0, 0.05) is 35.9 Å². The van der Waals surface area contributed by atoms with Crippen LogP contribution < -0.4 is 4.90 Å². The highest BCUT2D eigenvalue weighted by Crippen LogP contribution is 2.45. The molecule has 0 bridgehead atoms. The zero-order valence-electron chi connectivity index (χ0n) is 18.5. The van der Waals surface area contributed by atoms with Crippen molar-refractivity contribution in [3.63, 3.8) is 0 Å². The van der Waals surface area contributed by atoms with Crippen molar-refractivity contribution in [2.24, 2.45) is 5.92 Å². The van der Waals surface area contributed by atoms with Gasteiger partial charge in [-0.3, -0.25) is 4.98 Å². The lowest BCUT2D eigenvalue weighted by Crippen LogP contribution is -2.27. The normalized spacial score (nSPS) is 18.2. The number of nitrogens with zero attached hydrogens (tertiary/aromatic N) is 7. The molecule has 1 aliphatic carbocycles. The summed E-state index contributed by atoms with van der Waals surface area (Å²) in [5.41, 5.74) is 2.43. The summed E-state index contributed by atoms with van der Waals surface area (Å²) in [5.74, 6) is 3.42. The van der Waals surface area contributed by atoms with Gasteiger partial charge in [-0.15, -0.1) is 21.5 Å². The molecule has 164 valence electrons. The van der Waals surface area contributed by atoms with Crippen LogP contribution in [0.25, 0.3) is 21.6 Å². The lowest BCUT2D eigenvalue weighted by Gasteiger charge is -2.27. The second-order valence-corrected chi connectivity index (χ2v) is 10.3. The van der Waals surface area contributed by atoms with Crippen LogP contribution in [0.1, 0.15) is 55.4 Å². The first kappa shape index (κ1) is 19.8. The van der Waals surface area contributed by atoms with Crippen molar-refractivity contribution in [2.45, 2.75) is 58.5 Å². The maximum atomic E-state index is 5.18. The van der Waals surface area contributed by atoms with Gasteiger partial charge in [0.25, 0.3) is 0 Å². The van der Waals surface area contributed by atoms with E-state index < -0.39 is 0 Å². The van der Waals surface area contributed by atoms with Crippen molar-refractivity contribution in [3.8, 4) is 11.4 Å². The molecule has 2 aliphatic rings. The molecule has 32 heavy (non-hydrogen) atoms. The molecule has 1 saturated heterocycles. The molecule has 6 rings (SSSR count). The number of hydrogen-bond acceptors (Lipinski definition) is 7. The summed E-state index contributed by atoms with van der Waals surface area (Å²) in [6.45, 7) is 6.38. The Morgan fingerprint density at radius 1 is 1.19 bits per heavy atom. The average Bonchev–Trinajstić information content (AvgIpc) is 3.57. The summed E-state index contributed by atoms with van der Waals surface area (Å²) in [7, 11) is 0. The number of rotatable bonds is 5. The van der Waals surface area contributed by atoms with Crippen molar-refractivity contribution in [3.05, 3.63) is 47.1 Å². The molecule has 0 amide bonds. The van der Waals surface area contributed by atoms with Crippen LogP contribution in [-0.4, -0.2) is 36.3 Å². The van der Waals surface area contributed by atoms with Gasteiger partial charge in [0.05, 0.1) is 11.4 Å². The fourth-order valence-electron chi connectivity index (χ4n) is 5.15. The van der Waals surface area contributed by atoms with E-state index in [0.29, 0.717) is 5.92 Å². The largest absolute Gasteiger partial charge is 0.346 e. The topological polar surface area (TPSA) is 72.6 Å². The third-order valence-electron chi connectivity index (χ3n) is 6.50. The molecule has 8 heteroatoms. The zero-order chi connectivity index (χ0) is 21.7. The standard InChI is InChI=1S/C24H27N7S/c1-15(2)13-30-14-26-29-22(30)18-8-5-11-31(18)23-20-17-7-3-9-19(17)32-24(20)28-21(27-23)16-6-4-10-25-12-16/h4,6,10,12,14-15,18H,3,5,7-9,11,13H2,1-2H3. The highest BCUT2D eigenvalue weighted by atomic mass is 32.1. The monoisotopic (exact) mass is 445 g/mol. The van der Waals surface area contributed by atoms with Crippen molar-refractivity contribution in [1.29, 1.82) is 0 Å². The fourth-order valence-corrected chi connectivity index (χ4v) is 6.41. The first-order chi connectivity index (χ1) is 15.7. The molecule has 0 radical (unpaired) electrons. The van der Waals surface area contributed by atoms with Gasteiger partial charge in [0.1, 0.15) is 17.0 Å². The Morgan fingerprint density at radius 3 is 2.97 bits per heavy atom.